The van der Waals surface area contributed by atoms with Crippen LogP contribution in [0.3, 0.4) is 0 Å². The monoisotopic (exact) mass is 238 g/mol. The molecule has 2 aliphatic rings. The van der Waals surface area contributed by atoms with E-state index < -0.39 is 0 Å². The van der Waals surface area contributed by atoms with E-state index in [0.29, 0.717) is 0 Å². The Kier molecular flexibility index (Phi) is 2.69. The Bertz CT molecular complexity index is 534. The predicted octanol–water partition coefficient (Wildman–Crippen LogP) is 5.00. The third kappa shape index (κ3) is 1.51. The van der Waals surface area contributed by atoms with Gasteiger partial charge in [0, 0.05) is 0 Å². The fraction of sp³-hybridized carbons (Fsp3) is 0.444. The summed E-state index contributed by atoms with van der Waals surface area (Å²) in [5.41, 5.74) is 12.5. The molecule has 0 heterocycles. The van der Waals surface area contributed by atoms with E-state index >= 15 is 0 Å². The highest BCUT2D eigenvalue weighted by atomic mass is 14.3. The molecule has 94 valence electrons. The SMILES string of the molecule is CCC1=Cc2c(C)c3c(c(C)c2C1)CC(CC)=C3. The molecule has 0 aliphatic heterocycles. The van der Waals surface area contributed by atoms with Crippen LogP contribution < -0.4 is 0 Å². The average Bonchev–Trinajstić information content (AvgIpc) is 3.00. The number of fused-ring (bicyclic) bond motifs is 2. The van der Waals surface area contributed by atoms with Gasteiger partial charge in [0.05, 0.1) is 0 Å². The minimum atomic E-state index is 1.19. The fourth-order valence-corrected chi connectivity index (χ4v) is 3.45. The highest BCUT2D eigenvalue weighted by Gasteiger charge is 2.24. The van der Waals surface area contributed by atoms with Crippen LogP contribution in [0.15, 0.2) is 11.1 Å². The smallest absolute Gasteiger partial charge is 0.00551 e. The van der Waals surface area contributed by atoms with Crippen LogP contribution in [0.2, 0.25) is 0 Å². The Balaban J connectivity index is 2.20. The first-order valence-corrected chi connectivity index (χ1v) is 7.19. The third-order valence-electron chi connectivity index (χ3n) is 4.78. The number of hydrogen-bond acceptors (Lipinski definition) is 0. The lowest BCUT2D eigenvalue weighted by Crippen LogP contribution is -2.00. The van der Waals surface area contributed by atoms with E-state index in [-0.39, 0.29) is 0 Å². The van der Waals surface area contributed by atoms with Gasteiger partial charge >= 0.3 is 0 Å². The van der Waals surface area contributed by atoms with Crippen LogP contribution in [0.5, 0.6) is 0 Å². The Morgan fingerprint density at radius 1 is 0.778 bits per heavy atom. The van der Waals surface area contributed by atoms with E-state index in [2.05, 4.69) is 39.8 Å². The van der Waals surface area contributed by atoms with Crippen molar-refractivity contribution in [2.24, 2.45) is 0 Å². The normalized spacial score (nSPS) is 16.4. The van der Waals surface area contributed by atoms with Gasteiger partial charge in [-0.1, -0.05) is 37.1 Å². The maximum Gasteiger partial charge on any atom is -0.00551 e. The summed E-state index contributed by atoms with van der Waals surface area (Å²) >= 11 is 0. The molecule has 1 aromatic carbocycles. The van der Waals surface area contributed by atoms with Crippen molar-refractivity contribution in [3.8, 4) is 0 Å². The molecule has 0 amide bonds. The number of rotatable bonds is 2. The van der Waals surface area contributed by atoms with Crippen molar-refractivity contribution in [3.63, 3.8) is 0 Å². The van der Waals surface area contributed by atoms with E-state index in [1.807, 2.05) is 0 Å². The molecule has 0 unspecified atom stereocenters. The zero-order valence-corrected chi connectivity index (χ0v) is 12.0. The minimum Gasteiger partial charge on any atom is -0.0655 e. The summed E-state index contributed by atoms with van der Waals surface area (Å²) in [6.07, 6.45) is 9.63. The molecule has 0 bridgehead atoms. The van der Waals surface area contributed by atoms with Crippen LogP contribution in [-0.4, -0.2) is 0 Å². The standard InChI is InChI=1S/C18H22/c1-5-13-7-15-11(3)17-9-14(6-2)10-18(17)12(4)16(15)8-13/h7,9H,5-6,8,10H2,1-4H3. The summed E-state index contributed by atoms with van der Waals surface area (Å²) < 4.78 is 0. The van der Waals surface area contributed by atoms with E-state index in [0.717, 1.165) is 0 Å². The molecule has 0 nitrogen and oxygen atoms in total. The summed E-state index contributed by atoms with van der Waals surface area (Å²) in [6, 6.07) is 0. The van der Waals surface area contributed by atoms with Gasteiger partial charge in [-0.3, -0.25) is 0 Å². The summed E-state index contributed by atoms with van der Waals surface area (Å²) in [6.45, 7) is 9.17. The van der Waals surface area contributed by atoms with Crippen LogP contribution >= 0.6 is 0 Å². The molecule has 18 heavy (non-hydrogen) atoms. The zero-order chi connectivity index (χ0) is 12.9. The summed E-state index contributed by atoms with van der Waals surface area (Å²) in [5.74, 6) is 0. The third-order valence-corrected chi connectivity index (χ3v) is 4.78. The maximum atomic E-state index is 2.44. The van der Waals surface area contributed by atoms with Gasteiger partial charge in [0.1, 0.15) is 0 Å². The van der Waals surface area contributed by atoms with E-state index in [9.17, 15) is 0 Å². The summed E-state index contributed by atoms with van der Waals surface area (Å²) in [7, 11) is 0. The second-order valence-corrected chi connectivity index (χ2v) is 5.70. The van der Waals surface area contributed by atoms with Crippen molar-refractivity contribution < 1.29 is 0 Å². The zero-order valence-electron chi connectivity index (χ0n) is 12.0. The van der Waals surface area contributed by atoms with Gasteiger partial charge in [0.25, 0.3) is 0 Å². The number of benzene rings is 1. The van der Waals surface area contributed by atoms with Crippen LogP contribution in [0.1, 0.15) is 60.1 Å². The molecule has 1 aromatic rings. The highest BCUT2D eigenvalue weighted by molar-refractivity contribution is 5.78. The first-order chi connectivity index (χ1) is 8.65. The van der Waals surface area contributed by atoms with Gasteiger partial charge in [0.2, 0.25) is 0 Å². The summed E-state index contributed by atoms with van der Waals surface area (Å²) in [5, 5.41) is 0. The molecule has 0 spiro atoms. The molecule has 0 fully saturated rings. The second-order valence-electron chi connectivity index (χ2n) is 5.70. The molecule has 0 N–H and O–H groups in total. The van der Waals surface area contributed by atoms with Gasteiger partial charge < -0.3 is 0 Å². The second kappa shape index (κ2) is 4.12. The van der Waals surface area contributed by atoms with E-state index in [4.69, 9.17) is 0 Å². The van der Waals surface area contributed by atoms with Crippen molar-refractivity contribution >= 4 is 12.2 Å². The lowest BCUT2D eigenvalue weighted by atomic mass is 9.90. The fourth-order valence-electron chi connectivity index (χ4n) is 3.45. The van der Waals surface area contributed by atoms with Crippen molar-refractivity contribution in [2.45, 2.75) is 53.4 Å². The predicted molar refractivity (Wildman–Crippen MR) is 79.9 cm³/mol. The Hall–Kier alpha value is -1.30. The van der Waals surface area contributed by atoms with E-state index in [1.54, 1.807) is 27.8 Å². The topological polar surface area (TPSA) is 0 Å². The molecule has 0 atom stereocenters. The van der Waals surface area contributed by atoms with Crippen molar-refractivity contribution in [2.75, 3.05) is 0 Å². The summed E-state index contributed by atoms with van der Waals surface area (Å²) in [4.78, 5) is 0. The lowest BCUT2D eigenvalue weighted by Gasteiger charge is -2.15. The average molecular weight is 238 g/mol. The minimum absolute atomic E-state index is 1.19. The Morgan fingerprint density at radius 2 is 1.22 bits per heavy atom. The molecule has 0 radical (unpaired) electrons. The molecule has 2 aliphatic carbocycles. The maximum absolute atomic E-state index is 2.44. The van der Waals surface area contributed by atoms with Crippen LogP contribution in [-0.2, 0) is 12.8 Å². The van der Waals surface area contributed by atoms with Crippen LogP contribution in [0.4, 0.5) is 0 Å². The number of hydrogen-bond donors (Lipinski definition) is 0. The van der Waals surface area contributed by atoms with Crippen molar-refractivity contribution in [1.29, 1.82) is 0 Å². The first-order valence-electron chi connectivity index (χ1n) is 7.19. The van der Waals surface area contributed by atoms with Gasteiger partial charge in [-0.05, 0) is 72.9 Å². The van der Waals surface area contributed by atoms with Gasteiger partial charge in [-0.2, -0.15) is 0 Å². The van der Waals surface area contributed by atoms with Crippen molar-refractivity contribution in [3.05, 3.63) is 44.5 Å². The van der Waals surface area contributed by atoms with Gasteiger partial charge in [-0.15, -0.1) is 0 Å². The Labute approximate surface area is 110 Å². The molecule has 0 heteroatoms. The molecule has 3 rings (SSSR count). The Morgan fingerprint density at radius 3 is 1.61 bits per heavy atom. The molecular weight excluding hydrogens is 216 g/mol. The van der Waals surface area contributed by atoms with Gasteiger partial charge in [0.15, 0.2) is 0 Å². The van der Waals surface area contributed by atoms with Gasteiger partial charge in [-0.25, -0.2) is 0 Å². The molecule has 0 aromatic heterocycles. The quantitative estimate of drug-likeness (QED) is 0.680. The lowest BCUT2D eigenvalue weighted by molar-refractivity contribution is 1.00. The molecule has 0 saturated carbocycles. The molecule has 0 saturated heterocycles. The largest absolute Gasteiger partial charge is 0.0655 e. The van der Waals surface area contributed by atoms with Crippen LogP contribution in [0.25, 0.3) is 12.2 Å². The van der Waals surface area contributed by atoms with Crippen LogP contribution in [0, 0.1) is 13.8 Å². The molecular formula is C18H22. The van der Waals surface area contributed by atoms with E-state index in [1.165, 1.54) is 42.4 Å². The van der Waals surface area contributed by atoms with Crippen molar-refractivity contribution in [1.82, 2.24) is 0 Å². The number of allylic oxidation sites excluding steroid dienone is 2. The first kappa shape index (κ1) is 11.8. The highest BCUT2D eigenvalue weighted by Crippen LogP contribution is 2.40.